The molecular formula is C18H37N5O. The molecule has 1 amide bonds. The minimum absolute atomic E-state index is 0.0951. The first-order chi connectivity index (χ1) is 11.5. The largest absolute Gasteiger partial charge is 0.358 e. The molecule has 1 rings (SSSR count). The van der Waals surface area contributed by atoms with Gasteiger partial charge in [-0.1, -0.05) is 26.7 Å². The fraction of sp³-hybridized carbons (Fsp3) is 0.889. The molecule has 1 heterocycles. The normalized spacial score (nSPS) is 17.1. The summed E-state index contributed by atoms with van der Waals surface area (Å²) in [5.74, 6) is 1.81. The highest BCUT2D eigenvalue weighted by Crippen LogP contribution is 2.10. The van der Waals surface area contributed by atoms with E-state index < -0.39 is 0 Å². The Bertz CT molecular complexity index is 376. The number of hydrogen-bond donors (Lipinski definition) is 3. The average molecular weight is 340 g/mol. The molecule has 0 radical (unpaired) electrons. The van der Waals surface area contributed by atoms with Gasteiger partial charge in [-0.2, -0.15) is 0 Å². The lowest BCUT2D eigenvalue weighted by Gasteiger charge is -2.32. The van der Waals surface area contributed by atoms with Crippen molar-refractivity contribution < 1.29 is 4.79 Å². The number of carbonyl (C=O) groups excluding carboxylic acids is 1. The van der Waals surface area contributed by atoms with Crippen LogP contribution in [0.1, 0.15) is 52.9 Å². The van der Waals surface area contributed by atoms with E-state index in [4.69, 9.17) is 4.99 Å². The third kappa shape index (κ3) is 9.11. The van der Waals surface area contributed by atoms with Crippen molar-refractivity contribution in [3.63, 3.8) is 0 Å². The molecule has 0 aliphatic carbocycles. The highest BCUT2D eigenvalue weighted by Gasteiger charge is 2.21. The molecule has 0 aromatic rings. The summed E-state index contributed by atoms with van der Waals surface area (Å²) < 4.78 is 0. The summed E-state index contributed by atoms with van der Waals surface area (Å²) in [5.41, 5.74) is 0. The topological polar surface area (TPSA) is 68.8 Å². The standard InChI is InChI=1S/C18H37N5O/c1-5-20-18(21-11-7-6-8-15(2)3)22-16-9-12-23(13-10-16)14-17(24)19-4/h15-16H,5-14H2,1-4H3,(H,19,24)(H2,20,21,22). The fourth-order valence-electron chi connectivity index (χ4n) is 2.89. The van der Waals surface area contributed by atoms with Crippen molar-refractivity contribution in [1.29, 1.82) is 0 Å². The smallest absolute Gasteiger partial charge is 0.233 e. The Labute approximate surface area is 147 Å². The van der Waals surface area contributed by atoms with Crippen molar-refractivity contribution in [2.45, 2.75) is 58.9 Å². The monoisotopic (exact) mass is 339 g/mol. The summed E-state index contributed by atoms with van der Waals surface area (Å²) in [7, 11) is 1.69. The first-order valence-electron chi connectivity index (χ1n) is 9.52. The molecular weight excluding hydrogens is 302 g/mol. The van der Waals surface area contributed by atoms with E-state index in [9.17, 15) is 4.79 Å². The number of hydrogen-bond acceptors (Lipinski definition) is 3. The van der Waals surface area contributed by atoms with Crippen LogP contribution in [0, 0.1) is 5.92 Å². The van der Waals surface area contributed by atoms with Gasteiger partial charge < -0.3 is 16.0 Å². The molecule has 0 bridgehead atoms. The van der Waals surface area contributed by atoms with Crippen LogP contribution in [0.15, 0.2) is 4.99 Å². The van der Waals surface area contributed by atoms with E-state index >= 15 is 0 Å². The number of amides is 1. The van der Waals surface area contributed by atoms with Gasteiger partial charge in [0.05, 0.1) is 6.54 Å². The van der Waals surface area contributed by atoms with Gasteiger partial charge in [-0.05, 0) is 32.1 Å². The van der Waals surface area contributed by atoms with E-state index in [1.54, 1.807) is 7.05 Å². The number of nitrogens with zero attached hydrogens (tertiary/aromatic N) is 2. The molecule has 1 aliphatic heterocycles. The molecule has 1 saturated heterocycles. The Morgan fingerprint density at radius 1 is 1.25 bits per heavy atom. The van der Waals surface area contributed by atoms with Crippen LogP contribution in [0.2, 0.25) is 0 Å². The molecule has 0 unspecified atom stereocenters. The quantitative estimate of drug-likeness (QED) is 0.339. The zero-order chi connectivity index (χ0) is 17.8. The summed E-state index contributed by atoms with van der Waals surface area (Å²) in [5, 5.41) is 9.59. The van der Waals surface area contributed by atoms with Crippen LogP contribution in [-0.4, -0.2) is 62.6 Å². The molecule has 0 aromatic carbocycles. The Hall–Kier alpha value is -1.30. The van der Waals surface area contributed by atoms with Crippen LogP contribution in [-0.2, 0) is 4.79 Å². The highest BCUT2D eigenvalue weighted by molar-refractivity contribution is 5.80. The summed E-state index contributed by atoms with van der Waals surface area (Å²) in [6.07, 6.45) is 5.78. The van der Waals surface area contributed by atoms with Gasteiger partial charge in [0.15, 0.2) is 5.96 Å². The van der Waals surface area contributed by atoms with Crippen molar-refractivity contribution in [3.05, 3.63) is 0 Å². The van der Waals surface area contributed by atoms with Crippen LogP contribution < -0.4 is 16.0 Å². The van der Waals surface area contributed by atoms with Gasteiger partial charge in [-0.15, -0.1) is 0 Å². The first-order valence-corrected chi connectivity index (χ1v) is 9.52. The van der Waals surface area contributed by atoms with E-state index in [2.05, 4.69) is 41.6 Å². The number of nitrogens with one attached hydrogen (secondary N) is 3. The Balaban J connectivity index is 2.31. The van der Waals surface area contributed by atoms with Gasteiger partial charge in [-0.25, -0.2) is 0 Å². The van der Waals surface area contributed by atoms with Crippen molar-refractivity contribution in [3.8, 4) is 0 Å². The maximum absolute atomic E-state index is 11.4. The lowest BCUT2D eigenvalue weighted by Crippen LogP contribution is -2.50. The number of piperidine rings is 1. The second-order valence-electron chi connectivity index (χ2n) is 7.02. The van der Waals surface area contributed by atoms with Gasteiger partial charge in [0, 0.05) is 39.3 Å². The minimum Gasteiger partial charge on any atom is -0.358 e. The molecule has 0 saturated carbocycles. The van der Waals surface area contributed by atoms with Crippen molar-refractivity contribution in [2.24, 2.45) is 10.9 Å². The second-order valence-corrected chi connectivity index (χ2v) is 7.02. The number of rotatable bonds is 9. The number of guanidine groups is 1. The zero-order valence-corrected chi connectivity index (χ0v) is 16.0. The lowest BCUT2D eigenvalue weighted by molar-refractivity contribution is -0.122. The van der Waals surface area contributed by atoms with Gasteiger partial charge in [0.25, 0.3) is 0 Å². The van der Waals surface area contributed by atoms with Crippen LogP contribution in [0.5, 0.6) is 0 Å². The summed E-state index contributed by atoms with van der Waals surface area (Å²) in [4.78, 5) is 18.4. The molecule has 3 N–H and O–H groups in total. The lowest BCUT2D eigenvalue weighted by atomic mass is 10.1. The third-order valence-electron chi connectivity index (χ3n) is 4.38. The van der Waals surface area contributed by atoms with E-state index in [1.807, 2.05) is 0 Å². The van der Waals surface area contributed by atoms with Crippen molar-refractivity contribution >= 4 is 11.9 Å². The average Bonchev–Trinajstić information content (AvgIpc) is 2.56. The van der Waals surface area contributed by atoms with Gasteiger partial charge in [-0.3, -0.25) is 14.7 Å². The number of unbranched alkanes of at least 4 members (excludes halogenated alkanes) is 1. The number of likely N-dealkylation sites (N-methyl/N-ethyl adjacent to an activating group) is 1. The predicted molar refractivity (Wildman–Crippen MR) is 101 cm³/mol. The maximum Gasteiger partial charge on any atom is 0.233 e. The minimum atomic E-state index is 0.0951. The predicted octanol–water partition coefficient (Wildman–Crippen LogP) is 1.58. The summed E-state index contributed by atoms with van der Waals surface area (Å²) in [6.45, 7) is 10.8. The molecule has 0 aromatic heterocycles. The van der Waals surface area contributed by atoms with Crippen LogP contribution >= 0.6 is 0 Å². The maximum atomic E-state index is 11.4. The molecule has 6 nitrogen and oxygen atoms in total. The van der Waals surface area contributed by atoms with Crippen LogP contribution in [0.3, 0.4) is 0 Å². The fourth-order valence-corrected chi connectivity index (χ4v) is 2.89. The summed E-state index contributed by atoms with van der Waals surface area (Å²) >= 11 is 0. The molecule has 1 fully saturated rings. The third-order valence-corrected chi connectivity index (χ3v) is 4.38. The second kappa shape index (κ2) is 12.1. The molecule has 140 valence electrons. The summed E-state index contributed by atoms with van der Waals surface area (Å²) in [6, 6.07) is 0.444. The van der Waals surface area contributed by atoms with Crippen molar-refractivity contribution in [2.75, 3.05) is 39.8 Å². The molecule has 6 heteroatoms. The Morgan fingerprint density at radius 2 is 1.96 bits per heavy atom. The van der Waals surface area contributed by atoms with Gasteiger partial charge in [0.1, 0.15) is 0 Å². The molecule has 24 heavy (non-hydrogen) atoms. The van der Waals surface area contributed by atoms with Gasteiger partial charge in [0.2, 0.25) is 5.91 Å². The number of aliphatic imine (C=N–C) groups is 1. The van der Waals surface area contributed by atoms with E-state index in [-0.39, 0.29) is 5.91 Å². The van der Waals surface area contributed by atoms with Crippen LogP contribution in [0.25, 0.3) is 0 Å². The van der Waals surface area contributed by atoms with Crippen molar-refractivity contribution in [1.82, 2.24) is 20.9 Å². The Morgan fingerprint density at radius 3 is 2.54 bits per heavy atom. The van der Waals surface area contributed by atoms with E-state index in [0.717, 1.165) is 57.3 Å². The molecule has 0 atom stereocenters. The first kappa shape index (κ1) is 20.7. The van der Waals surface area contributed by atoms with E-state index in [1.165, 1.54) is 12.8 Å². The van der Waals surface area contributed by atoms with Gasteiger partial charge >= 0.3 is 0 Å². The number of carbonyl (C=O) groups is 1. The SMILES string of the molecule is CCNC(=NCCCCC(C)C)NC1CCN(CC(=O)NC)CC1. The highest BCUT2D eigenvalue weighted by atomic mass is 16.1. The molecule has 0 spiro atoms. The Kier molecular flexibility index (Phi) is 10.5. The van der Waals surface area contributed by atoms with E-state index in [0.29, 0.717) is 12.6 Å². The zero-order valence-electron chi connectivity index (χ0n) is 16.0. The van der Waals surface area contributed by atoms with Crippen LogP contribution in [0.4, 0.5) is 0 Å². The molecule has 1 aliphatic rings. The number of likely N-dealkylation sites (tertiary alicyclic amines) is 1.